The molecule has 0 aliphatic rings. The highest BCUT2D eigenvalue weighted by molar-refractivity contribution is 5.91. The maximum atomic E-state index is 11.7. The minimum Gasteiger partial charge on any atom is -0.466 e. The molecule has 0 aliphatic heterocycles. The predicted molar refractivity (Wildman–Crippen MR) is 64.1 cm³/mol. The van der Waals surface area contributed by atoms with Gasteiger partial charge >= 0.3 is 5.97 Å². The van der Waals surface area contributed by atoms with Crippen LogP contribution in [0.2, 0.25) is 0 Å². The zero-order valence-electron chi connectivity index (χ0n) is 10.9. The van der Waals surface area contributed by atoms with Crippen LogP contribution in [0.25, 0.3) is 0 Å². The van der Waals surface area contributed by atoms with Gasteiger partial charge in [-0.05, 0) is 13.8 Å². The summed E-state index contributed by atoms with van der Waals surface area (Å²) in [6.45, 7) is 5.69. The van der Waals surface area contributed by atoms with E-state index >= 15 is 0 Å². The van der Waals surface area contributed by atoms with Crippen LogP contribution in [0.4, 0.5) is 0 Å². The molecule has 1 atom stereocenters. The molecule has 6 heteroatoms. The van der Waals surface area contributed by atoms with Gasteiger partial charge in [0.25, 0.3) is 5.91 Å². The van der Waals surface area contributed by atoms with E-state index in [1.165, 1.54) is 6.20 Å². The number of hydrogen-bond acceptors (Lipinski definition) is 5. The topological polar surface area (TPSA) is 81.4 Å². The minimum absolute atomic E-state index is 0.133. The van der Waals surface area contributed by atoms with Crippen molar-refractivity contribution >= 4 is 11.9 Å². The molecule has 0 aromatic carbocycles. The molecule has 6 nitrogen and oxygen atoms in total. The van der Waals surface area contributed by atoms with E-state index in [0.717, 1.165) is 0 Å². The van der Waals surface area contributed by atoms with Gasteiger partial charge in [-0.25, -0.2) is 4.98 Å². The molecule has 0 bridgehead atoms. The average molecular weight is 254 g/mol. The fourth-order valence-corrected chi connectivity index (χ4v) is 1.39. The number of oxazole rings is 1. The summed E-state index contributed by atoms with van der Waals surface area (Å²) in [7, 11) is 0. The van der Waals surface area contributed by atoms with Crippen LogP contribution < -0.4 is 5.32 Å². The van der Waals surface area contributed by atoms with E-state index in [9.17, 15) is 9.59 Å². The fraction of sp³-hybridized carbons (Fsp3) is 0.583. The Kier molecular flexibility index (Phi) is 5.35. The van der Waals surface area contributed by atoms with Crippen molar-refractivity contribution in [1.29, 1.82) is 0 Å². The van der Waals surface area contributed by atoms with E-state index in [1.807, 2.05) is 6.92 Å². The number of aromatic nitrogens is 1. The van der Waals surface area contributed by atoms with Crippen LogP contribution in [0, 0.1) is 0 Å². The van der Waals surface area contributed by atoms with E-state index < -0.39 is 0 Å². The largest absolute Gasteiger partial charge is 0.466 e. The van der Waals surface area contributed by atoms with Crippen LogP contribution in [0.15, 0.2) is 10.6 Å². The SMILES string of the molecule is CCOC(=O)CC(C)NC(=O)c1cnc(CC)o1. The maximum Gasteiger partial charge on any atom is 0.307 e. The maximum absolute atomic E-state index is 11.7. The number of nitrogens with zero attached hydrogens (tertiary/aromatic N) is 1. The van der Waals surface area contributed by atoms with Crippen molar-refractivity contribution in [2.45, 2.75) is 39.7 Å². The third kappa shape index (κ3) is 4.20. The average Bonchev–Trinajstić information content (AvgIpc) is 2.77. The second-order valence-electron chi connectivity index (χ2n) is 3.86. The molecule has 0 fully saturated rings. The van der Waals surface area contributed by atoms with Crippen LogP contribution in [0.5, 0.6) is 0 Å². The standard InChI is InChI=1S/C12H18N2O4/c1-4-10-13-7-9(18-10)12(16)14-8(3)6-11(15)17-5-2/h7-8H,4-6H2,1-3H3,(H,14,16). The van der Waals surface area contributed by atoms with Gasteiger partial charge in [0.15, 0.2) is 5.89 Å². The Morgan fingerprint density at radius 1 is 1.50 bits per heavy atom. The highest BCUT2D eigenvalue weighted by atomic mass is 16.5. The van der Waals surface area contributed by atoms with Crippen molar-refractivity contribution in [1.82, 2.24) is 10.3 Å². The van der Waals surface area contributed by atoms with Gasteiger partial charge in [-0.15, -0.1) is 0 Å². The Bertz CT molecular complexity index is 414. The molecule has 1 unspecified atom stereocenters. The quantitative estimate of drug-likeness (QED) is 0.774. The molecule has 18 heavy (non-hydrogen) atoms. The number of amides is 1. The lowest BCUT2D eigenvalue weighted by Gasteiger charge is -2.11. The Hall–Kier alpha value is -1.85. The monoisotopic (exact) mass is 254 g/mol. The second kappa shape index (κ2) is 6.78. The van der Waals surface area contributed by atoms with Gasteiger partial charge in [0.05, 0.1) is 19.2 Å². The third-order valence-corrected chi connectivity index (χ3v) is 2.24. The molecule has 0 saturated carbocycles. The Labute approximate surface area is 106 Å². The summed E-state index contributed by atoms with van der Waals surface area (Å²) in [5, 5.41) is 2.65. The molecule has 1 amide bonds. The fourth-order valence-electron chi connectivity index (χ4n) is 1.39. The van der Waals surface area contributed by atoms with Gasteiger partial charge in [-0.2, -0.15) is 0 Å². The van der Waals surface area contributed by atoms with Gasteiger partial charge in [0.2, 0.25) is 5.76 Å². The highest BCUT2D eigenvalue weighted by Crippen LogP contribution is 2.05. The molecular formula is C12H18N2O4. The summed E-state index contributed by atoms with van der Waals surface area (Å²) in [6, 6.07) is -0.313. The van der Waals surface area contributed by atoms with Gasteiger partial charge in [-0.3, -0.25) is 9.59 Å². The molecule has 100 valence electrons. The van der Waals surface area contributed by atoms with Crippen LogP contribution in [-0.4, -0.2) is 29.5 Å². The first kappa shape index (κ1) is 14.2. The van der Waals surface area contributed by atoms with Gasteiger partial charge < -0.3 is 14.5 Å². The van der Waals surface area contributed by atoms with Gasteiger partial charge in [0, 0.05) is 12.5 Å². The second-order valence-corrected chi connectivity index (χ2v) is 3.86. The van der Waals surface area contributed by atoms with Crippen molar-refractivity contribution in [2.75, 3.05) is 6.61 Å². The first-order valence-electron chi connectivity index (χ1n) is 5.98. The molecule has 0 saturated heterocycles. The molecule has 1 N–H and O–H groups in total. The van der Waals surface area contributed by atoms with E-state index in [4.69, 9.17) is 9.15 Å². The highest BCUT2D eigenvalue weighted by Gasteiger charge is 2.16. The number of hydrogen-bond donors (Lipinski definition) is 1. The Morgan fingerprint density at radius 2 is 2.22 bits per heavy atom. The van der Waals surface area contributed by atoms with E-state index in [0.29, 0.717) is 18.9 Å². The molecule has 0 spiro atoms. The number of ether oxygens (including phenoxy) is 1. The normalized spacial score (nSPS) is 11.9. The molecule has 0 radical (unpaired) electrons. The number of aryl methyl sites for hydroxylation is 1. The number of rotatable bonds is 6. The number of nitrogens with one attached hydrogen (secondary N) is 1. The van der Waals surface area contributed by atoms with E-state index in [2.05, 4.69) is 10.3 Å². The summed E-state index contributed by atoms with van der Waals surface area (Å²) in [6.07, 6.45) is 2.14. The summed E-state index contributed by atoms with van der Waals surface area (Å²) in [4.78, 5) is 26.9. The molecule has 0 aliphatic carbocycles. The molecule has 1 rings (SSSR count). The number of carbonyl (C=O) groups is 2. The van der Waals surface area contributed by atoms with Crippen molar-refractivity contribution < 1.29 is 18.7 Å². The lowest BCUT2D eigenvalue weighted by molar-refractivity contribution is -0.143. The summed E-state index contributed by atoms with van der Waals surface area (Å²) in [5.41, 5.74) is 0. The van der Waals surface area contributed by atoms with Crippen LogP contribution in [-0.2, 0) is 16.0 Å². The Balaban J connectivity index is 2.46. The first-order valence-corrected chi connectivity index (χ1v) is 5.98. The lowest BCUT2D eigenvalue weighted by Crippen LogP contribution is -2.34. The molecule has 1 aromatic heterocycles. The molecular weight excluding hydrogens is 236 g/mol. The molecule has 1 aromatic rings. The smallest absolute Gasteiger partial charge is 0.307 e. The summed E-state index contributed by atoms with van der Waals surface area (Å²) >= 11 is 0. The van der Waals surface area contributed by atoms with E-state index in [1.54, 1.807) is 13.8 Å². The van der Waals surface area contributed by atoms with Crippen molar-refractivity contribution in [3.05, 3.63) is 17.8 Å². The first-order chi connectivity index (χ1) is 8.56. The number of carbonyl (C=O) groups excluding carboxylic acids is 2. The van der Waals surface area contributed by atoms with Crippen molar-refractivity contribution in [2.24, 2.45) is 0 Å². The zero-order chi connectivity index (χ0) is 13.5. The van der Waals surface area contributed by atoms with Crippen LogP contribution in [0.1, 0.15) is 43.6 Å². The van der Waals surface area contributed by atoms with Crippen molar-refractivity contribution in [3.8, 4) is 0 Å². The number of esters is 1. The predicted octanol–water partition coefficient (Wildman–Crippen LogP) is 1.31. The van der Waals surface area contributed by atoms with Gasteiger partial charge in [0.1, 0.15) is 0 Å². The lowest BCUT2D eigenvalue weighted by atomic mass is 10.2. The van der Waals surface area contributed by atoms with Gasteiger partial charge in [-0.1, -0.05) is 6.92 Å². The summed E-state index contributed by atoms with van der Waals surface area (Å²) in [5.74, 6) is -0.0446. The Morgan fingerprint density at radius 3 is 2.78 bits per heavy atom. The minimum atomic E-state index is -0.376. The van der Waals surface area contributed by atoms with Crippen LogP contribution >= 0.6 is 0 Å². The summed E-state index contributed by atoms with van der Waals surface area (Å²) < 4.78 is 10.0. The van der Waals surface area contributed by atoms with Crippen molar-refractivity contribution in [3.63, 3.8) is 0 Å². The van der Waals surface area contributed by atoms with Crippen LogP contribution in [0.3, 0.4) is 0 Å². The van der Waals surface area contributed by atoms with E-state index in [-0.39, 0.29) is 30.1 Å². The zero-order valence-corrected chi connectivity index (χ0v) is 10.9. The molecule has 1 heterocycles. The third-order valence-electron chi connectivity index (χ3n) is 2.24.